The number of hydrogen-bond acceptors (Lipinski definition) is 4. The van der Waals surface area contributed by atoms with Crippen LogP contribution in [0.1, 0.15) is 19.3 Å². The van der Waals surface area contributed by atoms with Gasteiger partial charge in [-0.2, -0.15) is 0 Å². The maximum absolute atomic E-state index is 10.5. The van der Waals surface area contributed by atoms with Crippen LogP contribution < -0.4 is 0 Å². The van der Waals surface area contributed by atoms with Crippen LogP contribution in [0.2, 0.25) is 0 Å². The average molecular weight is 172 g/mol. The number of ether oxygens (including phenoxy) is 1. The van der Waals surface area contributed by atoms with Crippen molar-refractivity contribution in [1.82, 2.24) is 0 Å². The van der Waals surface area contributed by atoms with Crippen molar-refractivity contribution in [3.05, 3.63) is 0 Å². The third kappa shape index (κ3) is 2.12. The van der Waals surface area contributed by atoms with E-state index in [9.17, 15) is 9.59 Å². The Morgan fingerprint density at radius 3 is 2.67 bits per heavy atom. The van der Waals surface area contributed by atoms with Crippen LogP contribution >= 0.6 is 0 Å². The molecule has 1 aliphatic heterocycles. The minimum atomic E-state index is -0.760. The second-order valence-electron chi connectivity index (χ2n) is 2.91. The zero-order chi connectivity index (χ0) is 8.97. The second-order valence-corrected chi connectivity index (χ2v) is 2.91. The highest BCUT2D eigenvalue weighted by atomic mass is 16.6. The molecule has 1 saturated heterocycles. The Kier molecular flexibility index (Phi) is 3.37. The number of carbonyl (C=O) groups excluding carboxylic acids is 2. The van der Waals surface area contributed by atoms with Gasteiger partial charge < -0.3 is 19.4 Å². The summed E-state index contributed by atoms with van der Waals surface area (Å²) in [7, 11) is 0. The van der Waals surface area contributed by atoms with E-state index in [4.69, 9.17) is 9.84 Å². The molecular weight excluding hydrogens is 160 g/mol. The highest BCUT2D eigenvalue weighted by Crippen LogP contribution is 2.24. The van der Waals surface area contributed by atoms with Gasteiger partial charge in [-0.3, -0.25) is 0 Å². The van der Waals surface area contributed by atoms with Gasteiger partial charge >= 0.3 is 0 Å². The van der Waals surface area contributed by atoms with Gasteiger partial charge in [-0.15, -0.1) is 0 Å². The van der Waals surface area contributed by atoms with Crippen molar-refractivity contribution in [2.75, 3.05) is 0 Å². The SMILES string of the molecule is O=CC[C@H](C=O)[C@@H]1CCC(O)O1. The molecule has 3 atom stereocenters. The molecule has 0 spiro atoms. The van der Waals surface area contributed by atoms with Crippen LogP contribution in [-0.4, -0.2) is 30.1 Å². The van der Waals surface area contributed by atoms with Gasteiger partial charge in [0.05, 0.1) is 6.10 Å². The Bertz CT molecular complexity index is 168. The molecule has 1 heterocycles. The molecule has 1 rings (SSSR count). The van der Waals surface area contributed by atoms with E-state index in [1.165, 1.54) is 0 Å². The van der Waals surface area contributed by atoms with Crippen molar-refractivity contribution in [2.45, 2.75) is 31.7 Å². The number of aliphatic hydroxyl groups is 1. The number of hydrogen-bond donors (Lipinski definition) is 1. The lowest BCUT2D eigenvalue weighted by atomic mass is 9.99. The van der Waals surface area contributed by atoms with Gasteiger partial charge in [0, 0.05) is 18.8 Å². The molecular formula is C8H12O4. The first-order valence-corrected chi connectivity index (χ1v) is 4.00. The predicted molar refractivity (Wildman–Crippen MR) is 40.3 cm³/mol. The Hall–Kier alpha value is -0.740. The molecule has 1 N–H and O–H groups in total. The average Bonchev–Trinajstić information content (AvgIpc) is 2.47. The molecule has 12 heavy (non-hydrogen) atoms. The normalized spacial score (nSPS) is 31.4. The molecule has 0 radical (unpaired) electrons. The molecule has 0 aromatic rings. The van der Waals surface area contributed by atoms with Gasteiger partial charge in [-0.05, 0) is 6.42 Å². The lowest BCUT2D eigenvalue weighted by Crippen LogP contribution is -2.22. The summed E-state index contributed by atoms with van der Waals surface area (Å²) in [6, 6.07) is 0. The fourth-order valence-corrected chi connectivity index (χ4v) is 1.37. The van der Waals surface area contributed by atoms with E-state index in [-0.39, 0.29) is 18.4 Å². The maximum Gasteiger partial charge on any atom is 0.155 e. The van der Waals surface area contributed by atoms with Crippen molar-refractivity contribution in [1.29, 1.82) is 0 Å². The minimum Gasteiger partial charge on any atom is -0.368 e. The Labute approximate surface area is 70.5 Å². The monoisotopic (exact) mass is 172 g/mol. The maximum atomic E-state index is 10.5. The lowest BCUT2D eigenvalue weighted by Gasteiger charge is -2.14. The van der Waals surface area contributed by atoms with Crippen LogP contribution in [-0.2, 0) is 14.3 Å². The molecule has 0 aromatic carbocycles. The summed E-state index contributed by atoms with van der Waals surface area (Å²) in [5.41, 5.74) is 0. The number of aliphatic hydroxyl groups excluding tert-OH is 1. The smallest absolute Gasteiger partial charge is 0.155 e. The zero-order valence-electron chi connectivity index (χ0n) is 6.68. The molecule has 68 valence electrons. The van der Waals surface area contributed by atoms with E-state index in [1.807, 2.05) is 0 Å². The molecule has 1 aliphatic rings. The molecule has 0 saturated carbocycles. The van der Waals surface area contributed by atoms with Gasteiger partial charge in [0.25, 0.3) is 0 Å². The number of rotatable bonds is 4. The van der Waals surface area contributed by atoms with E-state index in [1.54, 1.807) is 0 Å². The second kappa shape index (κ2) is 4.33. The summed E-state index contributed by atoms with van der Waals surface area (Å²) in [4.78, 5) is 20.6. The van der Waals surface area contributed by atoms with E-state index in [0.29, 0.717) is 19.1 Å². The van der Waals surface area contributed by atoms with Crippen LogP contribution in [0.5, 0.6) is 0 Å². The van der Waals surface area contributed by atoms with Gasteiger partial charge in [0.15, 0.2) is 6.29 Å². The quantitative estimate of drug-likeness (QED) is 0.601. The fraction of sp³-hybridized carbons (Fsp3) is 0.750. The van der Waals surface area contributed by atoms with Crippen LogP contribution in [0.3, 0.4) is 0 Å². The first kappa shape index (κ1) is 9.35. The highest BCUT2D eigenvalue weighted by Gasteiger charge is 2.29. The minimum absolute atomic E-state index is 0.181. The summed E-state index contributed by atoms with van der Waals surface area (Å²) >= 11 is 0. The fourth-order valence-electron chi connectivity index (χ4n) is 1.37. The van der Waals surface area contributed by atoms with Crippen molar-refractivity contribution in [2.24, 2.45) is 5.92 Å². The third-order valence-corrected chi connectivity index (χ3v) is 2.05. The first-order valence-electron chi connectivity index (χ1n) is 4.00. The first-order chi connectivity index (χ1) is 5.77. The van der Waals surface area contributed by atoms with E-state index < -0.39 is 6.29 Å². The van der Waals surface area contributed by atoms with Crippen LogP contribution in [0, 0.1) is 5.92 Å². The standard InChI is InChI=1S/C8H12O4/c9-4-3-6(5-10)7-1-2-8(11)12-7/h4-8,11H,1-3H2/t6-,7+,8?/m1/s1. The van der Waals surface area contributed by atoms with Crippen molar-refractivity contribution < 1.29 is 19.4 Å². The summed E-state index contributed by atoms with van der Waals surface area (Å²) in [5, 5.41) is 8.99. The largest absolute Gasteiger partial charge is 0.368 e. The zero-order valence-corrected chi connectivity index (χ0v) is 6.68. The van der Waals surface area contributed by atoms with Crippen molar-refractivity contribution >= 4 is 12.6 Å². The van der Waals surface area contributed by atoms with E-state index >= 15 is 0 Å². The summed E-state index contributed by atoms with van der Waals surface area (Å²) in [5.74, 6) is -0.389. The highest BCUT2D eigenvalue weighted by molar-refractivity contribution is 5.62. The molecule has 0 aromatic heterocycles. The third-order valence-electron chi connectivity index (χ3n) is 2.05. The summed E-state index contributed by atoms with van der Waals surface area (Å²) in [6.07, 6.45) is 1.77. The van der Waals surface area contributed by atoms with Gasteiger partial charge in [-0.25, -0.2) is 0 Å². The Morgan fingerprint density at radius 2 is 2.25 bits per heavy atom. The molecule has 0 bridgehead atoms. The number of carbonyl (C=O) groups is 2. The van der Waals surface area contributed by atoms with Crippen LogP contribution in [0.15, 0.2) is 0 Å². The van der Waals surface area contributed by atoms with E-state index in [2.05, 4.69) is 0 Å². The molecule has 4 nitrogen and oxygen atoms in total. The Balaban J connectivity index is 2.43. The van der Waals surface area contributed by atoms with Crippen LogP contribution in [0.25, 0.3) is 0 Å². The van der Waals surface area contributed by atoms with Crippen LogP contribution in [0.4, 0.5) is 0 Å². The Morgan fingerprint density at radius 1 is 1.50 bits per heavy atom. The van der Waals surface area contributed by atoms with Gasteiger partial charge in [-0.1, -0.05) is 0 Å². The molecule has 1 fully saturated rings. The topological polar surface area (TPSA) is 63.6 Å². The van der Waals surface area contributed by atoms with E-state index in [0.717, 1.165) is 6.29 Å². The summed E-state index contributed by atoms with van der Waals surface area (Å²) in [6.45, 7) is 0. The van der Waals surface area contributed by atoms with Gasteiger partial charge in [0.1, 0.15) is 12.6 Å². The summed E-state index contributed by atoms with van der Waals surface area (Å²) < 4.78 is 5.03. The lowest BCUT2D eigenvalue weighted by molar-refractivity contribution is -0.129. The molecule has 0 aliphatic carbocycles. The molecule has 4 heteroatoms. The predicted octanol–water partition coefficient (Wildman–Crippen LogP) is -0.112. The van der Waals surface area contributed by atoms with Gasteiger partial charge in [0.2, 0.25) is 0 Å². The molecule has 1 unspecified atom stereocenters. The number of aldehydes is 2. The van der Waals surface area contributed by atoms with Crippen molar-refractivity contribution in [3.8, 4) is 0 Å². The van der Waals surface area contributed by atoms with Crippen molar-refractivity contribution in [3.63, 3.8) is 0 Å². The molecule has 0 amide bonds.